The molecule has 2 rings (SSSR count). The molecule has 1 aromatic carbocycles. The van der Waals surface area contributed by atoms with E-state index in [-0.39, 0.29) is 12.2 Å². The highest BCUT2D eigenvalue weighted by Gasteiger charge is 2.20. The average molecular weight is 374 g/mol. The summed E-state index contributed by atoms with van der Waals surface area (Å²) in [7, 11) is -7.72. The number of benzene rings is 1. The van der Waals surface area contributed by atoms with Crippen molar-refractivity contribution in [1.82, 2.24) is 14.7 Å². The summed E-state index contributed by atoms with van der Waals surface area (Å²) in [5.41, 5.74) is 0.986. The van der Waals surface area contributed by atoms with Gasteiger partial charge in [-0.2, -0.15) is 0 Å². The molecule has 0 aliphatic rings. The van der Waals surface area contributed by atoms with Crippen LogP contribution in [0.5, 0.6) is 0 Å². The Hall–Kier alpha value is -2.11. The molecule has 0 atom stereocenters. The largest absolute Gasteiger partial charge is 0.284 e. The van der Waals surface area contributed by atoms with Crippen LogP contribution in [0.3, 0.4) is 0 Å². The Kier molecular flexibility index (Phi) is 5.16. The standard InChI is InChI=1S/C13H15FN4O4S2/c1-9-6-16-11(7-15-9)8-17-24(21,22)13-4-3-10(5-12(13)14)18-23(2,19)20/h3-7,17-18H,8H2,1-2H3. The van der Waals surface area contributed by atoms with Gasteiger partial charge in [0, 0.05) is 6.20 Å². The molecule has 0 saturated carbocycles. The van der Waals surface area contributed by atoms with E-state index < -0.39 is 30.8 Å². The summed E-state index contributed by atoms with van der Waals surface area (Å²) in [4.78, 5) is 7.38. The molecule has 0 saturated heterocycles. The molecule has 2 N–H and O–H groups in total. The van der Waals surface area contributed by atoms with Crippen LogP contribution in [0.25, 0.3) is 0 Å². The van der Waals surface area contributed by atoms with E-state index >= 15 is 0 Å². The van der Waals surface area contributed by atoms with Gasteiger partial charge in [0.2, 0.25) is 20.0 Å². The van der Waals surface area contributed by atoms with Crippen molar-refractivity contribution in [1.29, 1.82) is 0 Å². The van der Waals surface area contributed by atoms with Crippen LogP contribution in [0, 0.1) is 12.7 Å². The fraction of sp³-hybridized carbons (Fsp3) is 0.231. The molecule has 24 heavy (non-hydrogen) atoms. The molecule has 0 radical (unpaired) electrons. The third kappa shape index (κ3) is 4.94. The quantitative estimate of drug-likeness (QED) is 0.771. The fourth-order valence-electron chi connectivity index (χ4n) is 1.75. The number of anilines is 1. The van der Waals surface area contributed by atoms with Crippen LogP contribution >= 0.6 is 0 Å². The summed E-state index contributed by atoms with van der Waals surface area (Å²) in [6.45, 7) is 1.58. The van der Waals surface area contributed by atoms with Crippen LogP contribution in [0.1, 0.15) is 11.4 Å². The Morgan fingerprint density at radius 1 is 1.12 bits per heavy atom. The number of nitrogens with zero attached hydrogens (tertiary/aromatic N) is 2. The number of halogens is 1. The lowest BCUT2D eigenvalue weighted by Crippen LogP contribution is -2.25. The number of hydrogen-bond donors (Lipinski definition) is 2. The molecule has 0 fully saturated rings. The lowest BCUT2D eigenvalue weighted by atomic mass is 10.3. The summed E-state index contributed by atoms with van der Waals surface area (Å²) in [6, 6.07) is 2.93. The number of rotatable bonds is 6. The van der Waals surface area contributed by atoms with Crippen molar-refractivity contribution in [3.8, 4) is 0 Å². The second-order valence-corrected chi connectivity index (χ2v) is 8.48. The Balaban J connectivity index is 2.18. The first-order valence-corrected chi connectivity index (χ1v) is 9.99. The van der Waals surface area contributed by atoms with Gasteiger partial charge < -0.3 is 0 Å². The number of hydrogen-bond acceptors (Lipinski definition) is 6. The number of aryl methyl sites for hydroxylation is 1. The summed E-state index contributed by atoms with van der Waals surface area (Å²) >= 11 is 0. The summed E-state index contributed by atoms with van der Waals surface area (Å²) < 4.78 is 64.8. The second-order valence-electron chi connectivity index (χ2n) is 4.99. The first-order valence-electron chi connectivity index (χ1n) is 6.61. The molecule has 1 aromatic heterocycles. The van der Waals surface area contributed by atoms with Gasteiger partial charge in [-0.05, 0) is 25.1 Å². The maximum atomic E-state index is 14.0. The fourth-order valence-corrected chi connectivity index (χ4v) is 3.37. The molecule has 0 amide bonds. The van der Waals surface area contributed by atoms with Gasteiger partial charge in [-0.1, -0.05) is 0 Å². The van der Waals surface area contributed by atoms with Crippen LogP contribution < -0.4 is 9.44 Å². The van der Waals surface area contributed by atoms with Crippen LogP contribution in [0.4, 0.5) is 10.1 Å². The molecule has 130 valence electrons. The topological polar surface area (TPSA) is 118 Å². The molecular weight excluding hydrogens is 359 g/mol. The van der Waals surface area contributed by atoms with Crippen molar-refractivity contribution >= 4 is 25.7 Å². The van der Waals surface area contributed by atoms with E-state index in [1.165, 1.54) is 12.4 Å². The van der Waals surface area contributed by atoms with Crippen LogP contribution in [0.15, 0.2) is 35.5 Å². The van der Waals surface area contributed by atoms with E-state index in [0.29, 0.717) is 11.4 Å². The van der Waals surface area contributed by atoms with Crippen LogP contribution in [0.2, 0.25) is 0 Å². The monoisotopic (exact) mass is 374 g/mol. The minimum absolute atomic E-state index is 0.0710. The minimum atomic E-state index is -4.13. The maximum Gasteiger partial charge on any atom is 0.243 e. The average Bonchev–Trinajstić information content (AvgIpc) is 2.45. The molecule has 0 aliphatic heterocycles. The predicted octanol–water partition coefficient (Wildman–Crippen LogP) is 0.774. The normalized spacial score (nSPS) is 12.1. The van der Waals surface area contributed by atoms with Gasteiger partial charge in [0.1, 0.15) is 10.7 Å². The van der Waals surface area contributed by atoms with E-state index in [1.807, 2.05) is 0 Å². The summed E-state index contributed by atoms with van der Waals surface area (Å²) in [5.74, 6) is -1.08. The molecule has 0 unspecified atom stereocenters. The smallest absolute Gasteiger partial charge is 0.243 e. The maximum absolute atomic E-state index is 14.0. The number of nitrogens with one attached hydrogen (secondary N) is 2. The predicted molar refractivity (Wildman–Crippen MR) is 85.7 cm³/mol. The van der Waals surface area contributed by atoms with Gasteiger partial charge in [-0.15, -0.1) is 0 Å². The van der Waals surface area contributed by atoms with Gasteiger partial charge in [0.25, 0.3) is 0 Å². The zero-order valence-electron chi connectivity index (χ0n) is 12.8. The van der Waals surface area contributed by atoms with Crippen molar-refractivity contribution in [2.75, 3.05) is 11.0 Å². The van der Waals surface area contributed by atoms with Crippen molar-refractivity contribution in [3.63, 3.8) is 0 Å². The first kappa shape index (κ1) is 18.2. The molecule has 2 aromatic rings. The van der Waals surface area contributed by atoms with E-state index in [2.05, 4.69) is 19.4 Å². The van der Waals surface area contributed by atoms with E-state index in [9.17, 15) is 21.2 Å². The number of sulfonamides is 2. The molecule has 11 heteroatoms. The highest BCUT2D eigenvalue weighted by Crippen LogP contribution is 2.19. The van der Waals surface area contributed by atoms with E-state index in [4.69, 9.17) is 0 Å². The summed E-state index contributed by atoms with van der Waals surface area (Å²) in [6.07, 6.45) is 3.79. The van der Waals surface area contributed by atoms with Gasteiger partial charge in [0.15, 0.2) is 0 Å². The zero-order chi connectivity index (χ0) is 18.0. The Labute approximate surface area is 139 Å². The minimum Gasteiger partial charge on any atom is -0.284 e. The Morgan fingerprint density at radius 2 is 1.83 bits per heavy atom. The second kappa shape index (κ2) is 6.79. The first-order chi connectivity index (χ1) is 11.1. The van der Waals surface area contributed by atoms with Crippen molar-refractivity contribution in [2.24, 2.45) is 0 Å². The van der Waals surface area contributed by atoms with Gasteiger partial charge in [-0.25, -0.2) is 25.9 Å². The van der Waals surface area contributed by atoms with Crippen molar-refractivity contribution in [2.45, 2.75) is 18.4 Å². The third-order valence-electron chi connectivity index (χ3n) is 2.80. The summed E-state index contributed by atoms with van der Waals surface area (Å²) in [5, 5.41) is 0. The van der Waals surface area contributed by atoms with Crippen LogP contribution in [-0.2, 0) is 26.6 Å². The lowest BCUT2D eigenvalue weighted by molar-refractivity contribution is 0.556. The van der Waals surface area contributed by atoms with Crippen molar-refractivity contribution < 1.29 is 21.2 Å². The zero-order valence-corrected chi connectivity index (χ0v) is 14.4. The molecule has 1 heterocycles. The molecular formula is C13H15FN4O4S2. The van der Waals surface area contributed by atoms with E-state index in [1.54, 1.807) is 6.92 Å². The molecule has 8 nitrogen and oxygen atoms in total. The lowest BCUT2D eigenvalue weighted by Gasteiger charge is -2.09. The Morgan fingerprint density at radius 3 is 2.38 bits per heavy atom. The van der Waals surface area contributed by atoms with Crippen LogP contribution in [-0.4, -0.2) is 33.1 Å². The van der Waals surface area contributed by atoms with E-state index in [0.717, 1.165) is 24.5 Å². The van der Waals surface area contributed by atoms with Crippen molar-refractivity contribution in [3.05, 3.63) is 47.8 Å². The van der Waals surface area contributed by atoms with Gasteiger partial charge in [0.05, 0.1) is 36.1 Å². The highest BCUT2D eigenvalue weighted by molar-refractivity contribution is 7.92. The third-order valence-corrected chi connectivity index (χ3v) is 4.84. The SMILES string of the molecule is Cc1cnc(CNS(=O)(=O)c2ccc(NS(C)(=O)=O)cc2F)cn1. The molecule has 0 bridgehead atoms. The molecule has 0 spiro atoms. The Bertz CT molecular complexity index is 944. The number of aromatic nitrogens is 2. The highest BCUT2D eigenvalue weighted by atomic mass is 32.2. The molecule has 0 aliphatic carbocycles. The van der Waals surface area contributed by atoms with Gasteiger partial charge in [-0.3, -0.25) is 14.7 Å². The van der Waals surface area contributed by atoms with Gasteiger partial charge >= 0.3 is 0 Å².